The van der Waals surface area contributed by atoms with Crippen LogP contribution in [0.4, 0.5) is 0 Å². The molecule has 1 saturated heterocycles. The van der Waals surface area contributed by atoms with E-state index >= 15 is 0 Å². The zero-order chi connectivity index (χ0) is 20.2. The minimum atomic E-state index is -0.320. The summed E-state index contributed by atoms with van der Waals surface area (Å²) in [5.74, 6) is 0.601. The molecule has 0 aliphatic carbocycles. The van der Waals surface area contributed by atoms with Gasteiger partial charge in [0.15, 0.2) is 0 Å². The third kappa shape index (κ3) is 4.14. The van der Waals surface area contributed by atoms with Crippen molar-refractivity contribution in [2.45, 2.75) is 13.0 Å². The van der Waals surface area contributed by atoms with E-state index < -0.39 is 0 Å². The summed E-state index contributed by atoms with van der Waals surface area (Å²) in [6.45, 7) is 3.72. The minimum Gasteiger partial charge on any atom is -0.497 e. The van der Waals surface area contributed by atoms with Gasteiger partial charge in [0.25, 0.3) is 11.5 Å². The summed E-state index contributed by atoms with van der Waals surface area (Å²) < 4.78 is 6.63. The highest BCUT2D eigenvalue weighted by atomic mass is 16.5. The average Bonchev–Trinajstić information content (AvgIpc) is 3.00. The Balaban J connectivity index is 1.44. The van der Waals surface area contributed by atoms with Crippen LogP contribution in [0.1, 0.15) is 22.3 Å². The van der Waals surface area contributed by atoms with Gasteiger partial charge in [0.2, 0.25) is 0 Å². The molecule has 2 aromatic heterocycles. The maximum Gasteiger partial charge on any atom is 0.270 e. The third-order valence-corrected chi connectivity index (χ3v) is 5.28. The highest BCUT2D eigenvalue weighted by Crippen LogP contribution is 2.15. The van der Waals surface area contributed by atoms with E-state index in [1.165, 1.54) is 16.2 Å². The molecule has 0 N–H and O–H groups in total. The third-order valence-electron chi connectivity index (χ3n) is 5.28. The number of hydrogen-bond acceptors (Lipinski definition) is 5. The Bertz CT molecular complexity index is 1060. The number of hydrogen-bond donors (Lipinski definition) is 0. The fraction of sp³-hybridized carbons (Fsp3) is 0.318. The van der Waals surface area contributed by atoms with Crippen LogP contribution in [0.3, 0.4) is 0 Å². The summed E-state index contributed by atoms with van der Waals surface area (Å²) in [5.41, 5.74) is 1.55. The topological polar surface area (TPSA) is 67.2 Å². The molecule has 7 nitrogen and oxygen atoms in total. The number of aromatic nitrogens is 2. The van der Waals surface area contributed by atoms with Crippen molar-refractivity contribution in [1.29, 1.82) is 0 Å². The maximum atomic E-state index is 13.0. The number of ether oxygens (including phenoxy) is 1. The first-order valence-corrected chi connectivity index (χ1v) is 9.76. The predicted molar refractivity (Wildman–Crippen MR) is 110 cm³/mol. The molecule has 1 aliphatic heterocycles. The number of nitrogens with zero attached hydrogens (tertiary/aromatic N) is 4. The highest BCUT2D eigenvalue weighted by molar-refractivity contribution is 5.93. The van der Waals surface area contributed by atoms with Crippen LogP contribution in [-0.4, -0.2) is 58.4 Å². The van der Waals surface area contributed by atoms with E-state index in [-0.39, 0.29) is 17.0 Å². The van der Waals surface area contributed by atoms with Gasteiger partial charge in [0, 0.05) is 45.1 Å². The SMILES string of the molecule is COc1ccc(CN2CCCN(C(=O)c3cnc4ccccn4c3=O)CC2)cc1. The van der Waals surface area contributed by atoms with Crippen LogP contribution >= 0.6 is 0 Å². The van der Waals surface area contributed by atoms with E-state index in [0.29, 0.717) is 18.7 Å². The first-order valence-electron chi connectivity index (χ1n) is 9.76. The normalized spacial score (nSPS) is 15.3. The Morgan fingerprint density at radius 2 is 1.90 bits per heavy atom. The molecule has 0 spiro atoms. The Hall–Kier alpha value is -3.19. The Morgan fingerprint density at radius 1 is 1.07 bits per heavy atom. The van der Waals surface area contributed by atoms with Crippen molar-refractivity contribution < 1.29 is 9.53 Å². The minimum absolute atomic E-state index is 0.123. The fourth-order valence-corrected chi connectivity index (χ4v) is 3.66. The number of rotatable bonds is 4. The molecule has 0 unspecified atom stereocenters. The highest BCUT2D eigenvalue weighted by Gasteiger charge is 2.23. The summed E-state index contributed by atoms with van der Waals surface area (Å²) in [7, 11) is 1.66. The molecule has 7 heteroatoms. The second-order valence-corrected chi connectivity index (χ2v) is 7.18. The van der Waals surface area contributed by atoms with Crippen molar-refractivity contribution in [3.8, 4) is 5.75 Å². The van der Waals surface area contributed by atoms with Crippen molar-refractivity contribution >= 4 is 11.6 Å². The quantitative estimate of drug-likeness (QED) is 0.680. The molecular formula is C22H24N4O3. The molecule has 1 aliphatic rings. The molecule has 3 heterocycles. The van der Waals surface area contributed by atoms with E-state index in [2.05, 4.69) is 22.0 Å². The lowest BCUT2D eigenvalue weighted by molar-refractivity contribution is 0.0758. The molecule has 1 fully saturated rings. The number of carbonyl (C=O) groups is 1. The molecule has 4 rings (SSSR count). The summed E-state index contributed by atoms with van der Waals surface area (Å²) in [6.07, 6.45) is 3.91. The van der Waals surface area contributed by atoms with Crippen LogP contribution in [0.5, 0.6) is 5.75 Å². The van der Waals surface area contributed by atoms with Gasteiger partial charge in [0.1, 0.15) is 17.0 Å². The molecule has 3 aromatic rings. The van der Waals surface area contributed by atoms with Crippen LogP contribution in [0.2, 0.25) is 0 Å². The summed E-state index contributed by atoms with van der Waals surface area (Å²) in [4.78, 5) is 34.1. The Morgan fingerprint density at radius 3 is 2.69 bits per heavy atom. The molecule has 0 radical (unpaired) electrons. The number of amides is 1. The summed E-state index contributed by atoms with van der Waals surface area (Å²) >= 11 is 0. The lowest BCUT2D eigenvalue weighted by Crippen LogP contribution is -2.38. The van der Waals surface area contributed by atoms with Crippen molar-refractivity contribution in [3.63, 3.8) is 0 Å². The standard InChI is InChI=1S/C22H24N4O3/c1-29-18-8-6-17(7-9-18)16-24-10-4-11-25(14-13-24)21(27)19-15-23-20-5-2-3-12-26(20)22(19)28/h2-3,5-9,12,15H,4,10-11,13-14,16H2,1H3. The molecule has 1 aromatic carbocycles. The average molecular weight is 392 g/mol. The summed E-state index contributed by atoms with van der Waals surface area (Å²) in [5, 5.41) is 0. The second-order valence-electron chi connectivity index (χ2n) is 7.18. The monoisotopic (exact) mass is 392 g/mol. The predicted octanol–water partition coefficient (Wildman–Crippen LogP) is 2.05. The van der Waals surface area contributed by atoms with Gasteiger partial charge < -0.3 is 9.64 Å². The van der Waals surface area contributed by atoms with E-state index in [0.717, 1.165) is 31.8 Å². The molecule has 0 saturated carbocycles. The van der Waals surface area contributed by atoms with Crippen LogP contribution in [0, 0.1) is 0 Å². The van der Waals surface area contributed by atoms with Gasteiger partial charge in [-0.1, -0.05) is 18.2 Å². The van der Waals surface area contributed by atoms with E-state index in [4.69, 9.17) is 4.74 Å². The van der Waals surface area contributed by atoms with Gasteiger partial charge in [0.05, 0.1) is 7.11 Å². The van der Waals surface area contributed by atoms with Crippen molar-refractivity contribution in [2.24, 2.45) is 0 Å². The van der Waals surface area contributed by atoms with Gasteiger partial charge in [-0.3, -0.25) is 18.9 Å². The van der Waals surface area contributed by atoms with Crippen molar-refractivity contribution in [3.05, 3.63) is 76.3 Å². The van der Waals surface area contributed by atoms with Crippen LogP contribution < -0.4 is 10.3 Å². The number of carbonyl (C=O) groups excluding carboxylic acids is 1. The molecular weight excluding hydrogens is 368 g/mol. The largest absolute Gasteiger partial charge is 0.497 e. The smallest absolute Gasteiger partial charge is 0.270 e. The van der Waals surface area contributed by atoms with E-state index in [1.54, 1.807) is 30.3 Å². The first kappa shape index (κ1) is 19.1. The maximum absolute atomic E-state index is 13.0. The lowest BCUT2D eigenvalue weighted by Gasteiger charge is -2.22. The fourth-order valence-electron chi connectivity index (χ4n) is 3.66. The van der Waals surface area contributed by atoms with Crippen molar-refractivity contribution in [1.82, 2.24) is 19.2 Å². The number of pyridine rings is 1. The molecule has 29 heavy (non-hydrogen) atoms. The number of benzene rings is 1. The molecule has 0 atom stereocenters. The van der Waals surface area contributed by atoms with Crippen molar-refractivity contribution in [2.75, 3.05) is 33.3 Å². The molecule has 150 valence electrons. The van der Waals surface area contributed by atoms with Gasteiger partial charge >= 0.3 is 0 Å². The van der Waals surface area contributed by atoms with Crippen LogP contribution in [0.25, 0.3) is 5.65 Å². The zero-order valence-electron chi connectivity index (χ0n) is 16.5. The van der Waals surface area contributed by atoms with Gasteiger partial charge in [-0.25, -0.2) is 4.98 Å². The van der Waals surface area contributed by atoms with Gasteiger partial charge in [-0.2, -0.15) is 0 Å². The van der Waals surface area contributed by atoms with E-state index in [9.17, 15) is 9.59 Å². The Kier molecular flexibility index (Phi) is 5.57. The second kappa shape index (κ2) is 8.45. The van der Waals surface area contributed by atoms with Crippen LogP contribution in [-0.2, 0) is 6.54 Å². The summed E-state index contributed by atoms with van der Waals surface area (Å²) in [6, 6.07) is 13.4. The zero-order valence-corrected chi connectivity index (χ0v) is 16.5. The first-order chi connectivity index (χ1) is 14.2. The van der Waals surface area contributed by atoms with Crippen LogP contribution in [0.15, 0.2) is 59.7 Å². The van der Waals surface area contributed by atoms with Gasteiger partial charge in [-0.05, 0) is 36.2 Å². The van der Waals surface area contributed by atoms with Gasteiger partial charge in [-0.15, -0.1) is 0 Å². The number of methoxy groups -OCH3 is 1. The molecule has 0 bridgehead atoms. The Labute approximate surface area is 169 Å². The van der Waals surface area contributed by atoms with E-state index in [1.807, 2.05) is 18.2 Å². The lowest BCUT2D eigenvalue weighted by atomic mass is 10.2. The number of fused-ring (bicyclic) bond motifs is 1. The molecule has 1 amide bonds.